The maximum atomic E-state index is 12.2. The molecule has 0 unspecified atom stereocenters. The second-order valence-electron chi connectivity index (χ2n) is 6.90. The quantitative estimate of drug-likeness (QED) is 0.669. The van der Waals surface area contributed by atoms with E-state index in [9.17, 15) is 9.59 Å². The molecule has 3 aromatic rings. The van der Waals surface area contributed by atoms with Crippen molar-refractivity contribution < 1.29 is 23.4 Å². The molecular formula is C22H21NO6. The number of carbonyl (C=O) groups is 1. The number of benzene rings is 2. The van der Waals surface area contributed by atoms with Crippen molar-refractivity contribution in [3.63, 3.8) is 0 Å². The van der Waals surface area contributed by atoms with Crippen molar-refractivity contribution in [1.29, 1.82) is 0 Å². The van der Waals surface area contributed by atoms with E-state index in [1.807, 2.05) is 37.3 Å². The van der Waals surface area contributed by atoms with E-state index in [1.165, 1.54) is 6.07 Å². The van der Waals surface area contributed by atoms with E-state index in [-0.39, 0.29) is 18.6 Å². The van der Waals surface area contributed by atoms with Crippen molar-refractivity contribution in [2.24, 2.45) is 0 Å². The topological polar surface area (TPSA) is 87.0 Å². The van der Waals surface area contributed by atoms with E-state index >= 15 is 0 Å². The fourth-order valence-electron chi connectivity index (χ4n) is 3.24. The normalized spacial score (nSPS) is 15.2. The van der Waals surface area contributed by atoms with Gasteiger partial charge in [-0.25, -0.2) is 4.79 Å². The Morgan fingerprint density at radius 1 is 1.17 bits per heavy atom. The number of rotatable bonds is 5. The summed E-state index contributed by atoms with van der Waals surface area (Å²) in [6, 6.07) is 12.5. The predicted octanol–water partition coefficient (Wildman–Crippen LogP) is 2.74. The molecule has 1 amide bonds. The van der Waals surface area contributed by atoms with Gasteiger partial charge in [0.1, 0.15) is 24.0 Å². The van der Waals surface area contributed by atoms with Crippen molar-refractivity contribution in [2.75, 3.05) is 19.8 Å². The van der Waals surface area contributed by atoms with Crippen LogP contribution in [0.5, 0.6) is 17.2 Å². The van der Waals surface area contributed by atoms with E-state index < -0.39 is 5.63 Å². The van der Waals surface area contributed by atoms with Crippen molar-refractivity contribution in [3.8, 4) is 17.2 Å². The van der Waals surface area contributed by atoms with Crippen LogP contribution in [0.4, 0.5) is 0 Å². The Kier molecular flexibility index (Phi) is 5.12. The molecule has 4 rings (SSSR count). The van der Waals surface area contributed by atoms with Crippen LogP contribution in [-0.2, 0) is 4.79 Å². The predicted molar refractivity (Wildman–Crippen MR) is 107 cm³/mol. The minimum Gasteiger partial charge on any atom is -0.486 e. The number of hydrogen-bond acceptors (Lipinski definition) is 6. The van der Waals surface area contributed by atoms with Crippen molar-refractivity contribution in [3.05, 3.63) is 64.0 Å². The van der Waals surface area contributed by atoms with Crippen LogP contribution in [0.3, 0.4) is 0 Å². The molecule has 0 aliphatic carbocycles. The summed E-state index contributed by atoms with van der Waals surface area (Å²) in [6.45, 7) is 4.15. The SMILES string of the molecule is Cc1cc(=O)oc2c(C)c(OCC(=O)NC[C@H]3COc4ccccc4O3)ccc12. The number of aryl methyl sites for hydroxylation is 2. The van der Waals surface area contributed by atoms with Gasteiger partial charge in [-0.05, 0) is 43.7 Å². The van der Waals surface area contributed by atoms with Gasteiger partial charge in [0, 0.05) is 17.0 Å². The maximum absolute atomic E-state index is 12.2. The highest BCUT2D eigenvalue weighted by Gasteiger charge is 2.21. The Hall–Kier alpha value is -3.48. The van der Waals surface area contributed by atoms with E-state index in [1.54, 1.807) is 13.0 Å². The van der Waals surface area contributed by atoms with Crippen molar-refractivity contribution >= 4 is 16.9 Å². The fraction of sp³-hybridized carbons (Fsp3) is 0.273. The van der Waals surface area contributed by atoms with Gasteiger partial charge < -0.3 is 23.9 Å². The highest BCUT2D eigenvalue weighted by atomic mass is 16.6. The summed E-state index contributed by atoms with van der Waals surface area (Å²) < 4.78 is 22.4. The fourth-order valence-corrected chi connectivity index (χ4v) is 3.24. The first kappa shape index (κ1) is 18.9. The third kappa shape index (κ3) is 4.03. The molecular weight excluding hydrogens is 374 g/mol. The van der Waals surface area contributed by atoms with Gasteiger partial charge in [-0.15, -0.1) is 0 Å². The first-order valence-electron chi connectivity index (χ1n) is 9.33. The van der Waals surface area contributed by atoms with E-state index in [4.69, 9.17) is 18.6 Å². The van der Waals surface area contributed by atoms with Gasteiger partial charge in [0.2, 0.25) is 0 Å². The first-order valence-corrected chi connectivity index (χ1v) is 9.33. The lowest BCUT2D eigenvalue weighted by atomic mass is 10.1. The first-order chi connectivity index (χ1) is 14.0. The third-order valence-corrected chi connectivity index (χ3v) is 4.77. The number of hydrogen-bond donors (Lipinski definition) is 1. The molecule has 0 bridgehead atoms. The van der Waals surface area contributed by atoms with Crippen LogP contribution < -0.4 is 25.2 Å². The minimum absolute atomic E-state index is 0.160. The Bertz CT molecular complexity index is 1120. The zero-order chi connectivity index (χ0) is 20.4. The molecule has 1 N–H and O–H groups in total. The molecule has 1 aliphatic heterocycles. The molecule has 7 nitrogen and oxygen atoms in total. The molecule has 7 heteroatoms. The lowest BCUT2D eigenvalue weighted by molar-refractivity contribution is -0.123. The lowest BCUT2D eigenvalue weighted by Crippen LogP contribution is -2.42. The second kappa shape index (κ2) is 7.87. The number of para-hydroxylation sites is 2. The summed E-state index contributed by atoms with van der Waals surface area (Å²) in [7, 11) is 0. The maximum Gasteiger partial charge on any atom is 0.336 e. The molecule has 0 fully saturated rings. The van der Waals surface area contributed by atoms with Crippen LogP contribution in [0.25, 0.3) is 11.0 Å². The van der Waals surface area contributed by atoms with Crippen LogP contribution >= 0.6 is 0 Å². The Balaban J connectivity index is 1.34. The molecule has 1 atom stereocenters. The van der Waals surface area contributed by atoms with Gasteiger partial charge in [0.05, 0.1) is 6.54 Å². The minimum atomic E-state index is -0.413. The average molecular weight is 395 g/mol. The number of fused-ring (bicyclic) bond motifs is 2. The van der Waals surface area contributed by atoms with Crippen LogP contribution in [0.2, 0.25) is 0 Å². The molecule has 1 aromatic heterocycles. The van der Waals surface area contributed by atoms with Crippen LogP contribution in [0, 0.1) is 13.8 Å². The summed E-state index contributed by atoms with van der Waals surface area (Å²) in [5.74, 6) is 1.58. The summed E-state index contributed by atoms with van der Waals surface area (Å²) in [5, 5.41) is 3.63. The van der Waals surface area contributed by atoms with E-state index in [2.05, 4.69) is 5.32 Å². The zero-order valence-corrected chi connectivity index (χ0v) is 16.2. The van der Waals surface area contributed by atoms with Gasteiger partial charge in [-0.2, -0.15) is 0 Å². The second-order valence-corrected chi connectivity index (χ2v) is 6.90. The molecule has 0 saturated heterocycles. The molecule has 150 valence electrons. The molecule has 2 aromatic carbocycles. The van der Waals surface area contributed by atoms with Gasteiger partial charge in [-0.3, -0.25) is 4.79 Å². The smallest absolute Gasteiger partial charge is 0.336 e. The summed E-state index contributed by atoms with van der Waals surface area (Å²) in [4.78, 5) is 23.8. The molecule has 2 heterocycles. The summed E-state index contributed by atoms with van der Waals surface area (Å²) >= 11 is 0. The van der Waals surface area contributed by atoms with Crippen LogP contribution in [0.15, 0.2) is 51.7 Å². The Morgan fingerprint density at radius 2 is 1.97 bits per heavy atom. The molecule has 1 aliphatic rings. The standard InChI is InChI=1S/C22H21NO6/c1-13-9-21(25)29-22-14(2)17(8-7-16(13)22)27-12-20(24)23-10-15-11-26-18-5-3-4-6-19(18)28-15/h3-9,15H,10-12H2,1-2H3,(H,23,24)/t15-/m0/s1. The highest BCUT2D eigenvalue weighted by Crippen LogP contribution is 2.31. The summed E-state index contributed by atoms with van der Waals surface area (Å²) in [6.07, 6.45) is -0.270. The van der Waals surface area contributed by atoms with Crippen molar-refractivity contribution in [1.82, 2.24) is 5.32 Å². The average Bonchev–Trinajstić information content (AvgIpc) is 2.72. The molecule has 0 radical (unpaired) electrons. The molecule has 29 heavy (non-hydrogen) atoms. The zero-order valence-electron chi connectivity index (χ0n) is 16.2. The van der Waals surface area contributed by atoms with Gasteiger partial charge in [-0.1, -0.05) is 12.1 Å². The van der Waals surface area contributed by atoms with Crippen LogP contribution in [0.1, 0.15) is 11.1 Å². The van der Waals surface area contributed by atoms with Crippen LogP contribution in [-0.4, -0.2) is 31.8 Å². The van der Waals surface area contributed by atoms with Gasteiger partial charge >= 0.3 is 5.63 Å². The Morgan fingerprint density at radius 3 is 2.79 bits per heavy atom. The lowest BCUT2D eigenvalue weighted by Gasteiger charge is -2.26. The number of nitrogens with one attached hydrogen (secondary N) is 1. The monoisotopic (exact) mass is 395 g/mol. The number of ether oxygens (including phenoxy) is 3. The van der Waals surface area contributed by atoms with Gasteiger partial charge in [0.25, 0.3) is 5.91 Å². The Labute approximate surface area is 167 Å². The van der Waals surface area contributed by atoms with E-state index in [0.717, 1.165) is 10.9 Å². The highest BCUT2D eigenvalue weighted by molar-refractivity contribution is 5.85. The molecule has 0 saturated carbocycles. The van der Waals surface area contributed by atoms with E-state index in [0.29, 0.717) is 41.5 Å². The molecule has 0 spiro atoms. The largest absolute Gasteiger partial charge is 0.486 e. The third-order valence-electron chi connectivity index (χ3n) is 4.77. The number of amides is 1. The van der Waals surface area contributed by atoms with Gasteiger partial charge in [0.15, 0.2) is 18.1 Å². The van der Waals surface area contributed by atoms with Crippen molar-refractivity contribution in [2.45, 2.75) is 20.0 Å². The number of carbonyl (C=O) groups excluding carboxylic acids is 1. The summed E-state index contributed by atoms with van der Waals surface area (Å²) in [5.41, 5.74) is 1.57.